The number of carbonyl (C=O) groups excluding carboxylic acids is 2. The summed E-state index contributed by atoms with van der Waals surface area (Å²) in [4.78, 5) is 23.7. The summed E-state index contributed by atoms with van der Waals surface area (Å²) in [5.74, 6) is -1.59. The molecule has 2 aromatic rings. The van der Waals surface area contributed by atoms with Crippen LogP contribution in [-0.4, -0.2) is 18.0 Å². The van der Waals surface area contributed by atoms with E-state index in [0.717, 1.165) is 6.08 Å². The molecule has 124 valence electrons. The summed E-state index contributed by atoms with van der Waals surface area (Å²) in [7, 11) is 0. The third-order valence-electron chi connectivity index (χ3n) is 3.01. The van der Waals surface area contributed by atoms with Gasteiger partial charge in [0.05, 0.1) is 0 Å². The molecule has 0 heterocycles. The van der Waals surface area contributed by atoms with Crippen molar-refractivity contribution in [2.45, 2.75) is 13.0 Å². The zero-order valence-corrected chi connectivity index (χ0v) is 13.6. The summed E-state index contributed by atoms with van der Waals surface area (Å²) in [5, 5.41) is 3.08. The zero-order chi connectivity index (χ0) is 17.5. The lowest BCUT2D eigenvalue weighted by atomic mass is 10.2. The minimum atomic E-state index is -0.992. The molecule has 0 aliphatic heterocycles. The van der Waals surface area contributed by atoms with Crippen molar-refractivity contribution in [3.8, 4) is 0 Å². The third-order valence-corrected chi connectivity index (χ3v) is 3.25. The Bertz CT molecular complexity index is 776. The highest BCUT2D eigenvalue weighted by Crippen LogP contribution is 2.15. The van der Waals surface area contributed by atoms with E-state index in [1.165, 1.54) is 31.2 Å². The number of nitrogens with one attached hydrogen (secondary N) is 1. The number of rotatable bonds is 5. The van der Waals surface area contributed by atoms with E-state index in [2.05, 4.69) is 5.32 Å². The fourth-order valence-corrected chi connectivity index (χ4v) is 2.04. The second-order valence-corrected chi connectivity index (χ2v) is 5.40. The van der Waals surface area contributed by atoms with Crippen LogP contribution in [0.15, 0.2) is 54.6 Å². The third kappa shape index (κ3) is 5.52. The Morgan fingerprint density at radius 1 is 1.21 bits per heavy atom. The molecule has 0 aromatic heterocycles. The van der Waals surface area contributed by atoms with Crippen molar-refractivity contribution in [3.05, 3.63) is 71.0 Å². The second-order valence-electron chi connectivity index (χ2n) is 4.97. The van der Waals surface area contributed by atoms with Crippen LogP contribution in [0.3, 0.4) is 0 Å². The molecular formula is C18H15ClFNO3. The molecule has 0 saturated heterocycles. The van der Waals surface area contributed by atoms with Crippen molar-refractivity contribution in [2.24, 2.45) is 0 Å². The van der Waals surface area contributed by atoms with E-state index in [0.29, 0.717) is 16.3 Å². The average Bonchev–Trinajstić information content (AvgIpc) is 2.53. The van der Waals surface area contributed by atoms with Crippen LogP contribution in [0.1, 0.15) is 12.5 Å². The van der Waals surface area contributed by atoms with E-state index in [1.807, 2.05) is 0 Å². The van der Waals surface area contributed by atoms with Crippen molar-refractivity contribution in [2.75, 3.05) is 5.32 Å². The number of hydrogen-bond acceptors (Lipinski definition) is 3. The number of hydrogen-bond donors (Lipinski definition) is 1. The molecule has 0 bridgehead atoms. The monoisotopic (exact) mass is 347 g/mol. The molecule has 24 heavy (non-hydrogen) atoms. The lowest BCUT2D eigenvalue weighted by molar-refractivity contribution is -0.148. The SMILES string of the molecule is C[C@H](OC(=O)/C=C/c1cccc(F)c1)C(=O)Nc1cccc(Cl)c1. The van der Waals surface area contributed by atoms with Crippen molar-refractivity contribution < 1.29 is 18.7 Å². The number of halogens is 2. The number of anilines is 1. The highest BCUT2D eigenvalue weighted by molar-refractivity contribution is 6.30. The molecule has 0 radical (unpaired) electrons. The fourth-order valence-electron chi connectivity index (χ4n) is 1.85. The van der Waals surface area contributed by atoms with Gasteiger partial charge in [0.15, 0.2) is 6.10 Å². The molecule has 0 unspecified atom stereocenters. The quantitative estimate of drug-likeness (QED) is 0.655. The minimum absolute atomic E-state index is 0.403. The highest BCUT2D eigenvalue weighted by Gasteiger charge is 2.16. The topological polar surface area (TPSA) is 55.4 Å². The molecule has 1 N–H and O–H groups in total. The van der Waals surface area contributed by atoms with Crippen LogP contribution in [0.2, 0.25) is 5.02 Å². The molecule has 2 aromatic carbocycles. The molecule has 2 rings (SSSR count). The summed E-state index contributed by atoms with van der Waals surface area (Å²) in [6, 6.07) is 12.4. The summed E-state index contributed by atoms with van der Waals surface area (Å²) >= 11 is 5.83. The van der Waals surface area contributed by atoms with Gasteiger partial charge < -0.3 is 10.1 Å². The Morgan fingerprint density at radius 3 is 2.67 bits per heavy atom. The van der Waals surface area contributed by atoms with Crippen molar-refractivity contribution in [1.82, 2.24) is 0 Å². The number of carbonyl (C=O) groups is 2. The van der Waals surface area contributed by atoms with Gasteiger partial charge in [0, 0.05) is 16.8 Å². The molecule has 4 nitrogen and oxygen atoms in total. The number of amides is 1. The first-order valence-electron chi connectivity index (χ1n) is 7.15. The van der Waals surface area contributed by atoms with Gasteiger partial charge in [0.1, 0.15) is 5.82 Å². The van der Waals surface area contributed by atoms with Crippen LogP contribution < -0.4 is 5.32 Å². The standard InChI is InChI=1S/C18H15ClFNO3/c1-12(18(23)21-16-7-3-5-14(19)11-16)24-17(22)9-8-13-4-2-6-15(20)10-13/h2-12H,1H3,(H,21,23)/b9-8+/t12-/m0/s1. The van der Waals surface area contributed by atoms with E-state index < -0.39 is 23.8 Å². The van der Waals surface area contributed by atoms with Gasteiger partial charge in [0.25, 0.3) is 5.91 Å². The molecule has 0 spiro atoms. The first-order chi connectivity index (χ1) is 11.4. The average molecular weight is 348 g/mol. The van der Waals surface area contributed by atoms with Gasteiger partial charge in [-0.1, -0.05) is 29.8 Å². The lowest BCUT2D eigenvalue weighted by Crippen LogP contribution is -2.29. The van der Waals surface area contributed by atoms with Crippen molar-refractivity contribution in [3.63, 3.8) is 0 Å². The van der Waals surface area contributed by atoms with Gasteiger partial charge in [-0.05, 0) is 48.9 Å². The van der Waals surface area contributed by atoms with Crippen molar-refractivity contribution in [1.29, 1.82) is 0 Å². The van der Waals surface area contributed by atoms with Crippen LogP contribution in [-0.2, 0) is 14.3 Å². The summed E-state index contributed by atoms with van der Waals surface area (Å²) < 4.78 is 18.0. The van der Waals surface area contributed by atoms with Crippen LogP contribution in [0, 0.1) is 5.82 Å². The molecule has 6 heteroatoms. The van der Waals surface area contributed by atoms with E-state index in [9.17, 15) is 14.0 Å². The van der Waals surface area contributed by atoms with Crippen molar-refractivity contribution >= 4 is 35.2 Å². The van der Waals surface area contributed by atoms with Gasteiger partial charge in [-0.25, -0.2) is 9.18 Å². The fraction of sp³-hybridized carbons (Fsp3) is 0.111. The molecule has 0 fully saturated rings. The van der Waals surface area contributed by atoms with Crippen LogP contribution >= 0.6 is 11.6 Å². The summed E-state index contributed by atoms with van der Waals surface area (Å²) in [5.41, 5.74) is 1.02. The first kappa shape index (κ1) is 17.7. The van der Waals surface area contributed by atoms with Crippen LogP contribution in [0.4, 0.5) is 10.1 Å². The second kappa shape index (κ2) is 8.26. The Hall–Kier alpha value is -2.66. The Labute approximate surface area is 143 Å². The first-order valence-corrected chi connectivity index (χ1v) is 7.52. The summed E-state index contributed by atoms with van der Waals surface area (Å²) in [6.45, 7) is 1.45. The normalized spacial score (nSPS) is 12.0. The molecule has 0 saturated carbocycles. The van der Waals surface area contributed by atoms with Gasteiger partial charge in [0.2, 0.25) is 0 Å². The number of benzene rings is 2. The smallest absolute Gasteiger partial charge is 0.331 e. The molecular weight excluding hydrogens is 333 g/mol. The Morgan fingerprint density at radius 2 is 1.96 bits per heavy atom. The molecule has 0 aliphatic rings. The van der Waals surface area contributed by atoms with Gasteiger partial charge in [-0.3, -0.25) is 4.79 Å². The van der Waals surface area contributed by atoms with Gasteiger partial charge in [-0.15, -0.1) is 0 Å². The number of ether oxygens (including phenoxy) is 1. The maximum absolute atomic E-state index is 13.0. The summed E-state index contributed by atoms with van der Waals surface area (Å²) in [6.07, 6.45) is 1.55. The molecule has 0 aliphatic carbocycles. The largest absolute Gasteiger partial charge is 0.449 e. The number of esters is 1. The Kier molecular flexibility index (Phi) is 6.09. The van der Waals surface area contributed by atoms with E-state index in [-0.39, 0.29) is 0 Å². The predicted molar refractivity (Wildman–Crippen MR) is 91.1 cm³/mol. The Balaban J connectivity index is 1.89. The predicted octanol–water partition coefficient (Wildman–Crippen LogP) is 4.06. The molecule has 1 amide bonds. The van der Waals surface area contributed by atoms with Gasteiger partial charge in [-0.2, -0.15) is 0 Å². The lowest BCUT2D eigenvalue weighted by Gasteiger charge is -2.12. The van der Waals surface area contributed by atoms with Crippen LogP contribution in [0.25, 0.3) is 6.08 Å². The van der Waals surface area contributed by atoms with Crippen LogP contribution in [0.5, 0.6) is 0 Å². The van der Waals surface area contributed by atoms with E-state index in [1.54, 1.807) is 30.3 Å². The zero-order valence-electron chi connectivity index (χ0n) is 12.8. The van der Waals surface area contributed by atoms with E-state index >= 15 is 0 Å². The molecule has 1 atom stereocenters. The van der Waals surface area contributed by atoms with Gasteiger partial charge >= 0.3 is 5.97 Å². The minimum Gasteiger partial charge on any atom is -0.449 e. The van der Waals surface area contributed by atoms with E-state index in [4.69, 9.17) is 16.3 Å². The maximum atomic E-state index is 13.0. The maximum Gasteiger partial charge on any atom is 0.331 e. The highest BCUT2D eigenvalue weighted by atomic mass is 35.5.